The van der Waals surface area contributed by atoms with Crippen molar-refractivity contribution in [2.75, 3.05) is 18.4 Å². The molecule has 3 nitrogen and oxygen atoms in total. The molecule has 0 saturated carbocycles. The maximum absolute atomic E-state index is 4.73. The maximum Gasteiger partial charge on any atom is 0.126 e. The Balaban J connectivity index is 1.69. The van der Waals surface area contributed by atoms with Gasteiger partial charge >= 0.3 is 0 Å². The first-order valence-corrected chi connectivity index (χ1v) is 8.66. The summed E-state index contributed by atoms with van der Waals surface area (Å²) in [4.78, 5) is 8.82. The number of nitrogens with one attached hydrogen (secondary N) is 1. The van der Waals surface area contributed by atoms with Crippen molar-refractivity contribution in [2.45, 2.75) is 39.3 Å². The maximum atomic E-state index is 4.73. The molecule has 1 atom stereocenters. The number of nitrogens with zero attached hydrogens (tertiary/aromatic N) is 2. The van der Waals surface area contributed by atoms with Crippen molar-refractivity contribution in [3.8, 4) is 0 Å². The lowest BCUT2D eigenvalue weighted by Crippen LogP contribution is -2.32. The Morgan fingerprint density at radius 2 is 2.29 bits per heavy atom. The van der Waals surface area contributed by atoms with Crippen LogP contribution in [0.3, 0.4) is 0 Å². The number of pyridine rings is 1. The van der Waals surface area contributed by atoms with Gasteiger partial charge in [-0.25, -0.2) is 4.98 Å². The van der Waals surface area contributed by atoms with E-state index in [1.165, 1.54) is 12.0 Å². The highest BCUT2D eigenvalue weighted by Crippen LogP contribution is 2.33. The number of hydrogen-bond acceptors (Lipinski definition) is 4. The highest BCUT2D eigenvalue weighted by atomic mass is 32.1. The summed E-state index contributed by atoms with van der Waals surface area (Å²) >= 11 is 1.90. The molecule has 0 aromatic carbocycles. The molecule has 0 amide bonds. The predicted molar refractivity (Wildman–Crippen MR) is 89.9 cm³/mol. The van der Waals surface area contributed by atoms with E-state index in [1.54, 1.807) is 4.88 Å². The first-order valence-electron chi connectivity index (χ1n) is 7.78. The molecule has 0 saturated heterocycles. The Bertz CT molecular complexity index is 593. The second kappa shape index (κ2) is 6.58. The van der Waals surface area contributed by atoms with E-state index in [4.69, 9.17) is 4.98 Å². The normalized spacial score (nSPS) is 18.5. The molecule has 21 heavy (non-hydrogen) atoms. The van der Waals surface area contributed by atoms with E-state index >= 15 is 0 Å². The van der Waals surface area contributed by atoms with E-state index in [2.05, 4.69) is 53.7 Å². The third-order valence-corrected chi connectivity index (χ3v) is 5.13. The van der Waals surface area contributed by atoms with Crippen LogP contribution in [0, 0.1) is 0 Å². The second-order valence-corrected chi connectivity index (χ2v) is 6.64. The SMILES string of the molecule is CCCNc1cccc(CN2CCc3sccc3C2C)n1. The van der Waals surface area contributed by atoms with Crippen LogP contribution in [0.25, 0.3) is 0 Å². The van der Waals surface area contributed by atoms with Crippen LogP contribution in [0.1, 0.15) is 42.4 Å². The predicted octanol–water partition coefficient (Wildman–Crippen LogP) is 4.08. The zero-order chi connectivity index (χ0) is 14.7. The molecule has 112 valence electrons. The molecule has 1 aliphatic heterocycles. The second-order valence-electron chi connectivity index (χ2n) is 5.64. The summed E-state index contributed by atoms with van der Waals surface area (Å²) < 4.78 is 0. The van der Waals surface area contributed by atoms with Gasteiger partial charge in [0.2, 0.25) is 0 Å². The summed E-state index contributed by atoms with van der Waals surface area (Å²) in [6, 6.07) is 9.06. The molecular formula is C17H23N3S. The molecule has 0 aliphatic carbocycles. The van der Waals surface area contributed by atoms with E-state index < -0.39 is 0 Å². The first-order chi connectivity index (χ1) is 10.3. The van der Waals surface area contributed by atoms with Gasteiger partial charge in [0, 0.05) is 30.6 Å². The Morgan fingerprint density at radius 3 is 3.14 bits per heavy atom. The Labute approximate surface area is 131 Å². The van der Waals surface area contributed by atoms with Crippen LogP contribution in [0.2, 0.25) is 0 Å². The van der Waals surface area contributed by atoms with Gasteiger partial charge in [-0.2, -0.15) is 0 Å². The van der Waals surface area contributed by atoms with Crippen LogP contribution < -0.4 is 5.32 Å². The molecule has 0 fully saturated rings. The average Bonchev–Trinajstić information content (AvgIpc) is 2.98. The third-order valence-electron chi connectivity index (χ3n) is 4.13. The third kappa shape index (κ3) is 3.27. The van der Waals surface area contributed by atoms with E-state index in [0.29, 0.717) is 6.04 Å². The lowest BCUT2D eigenvalue weighted by Gasteiger charge is -2.33. The summed E-state index contributed by atoms with van der Waals surface area (Å²) in [5.41, 5.74) is 2.66. The first kappa shape index (κ1) is 14.5. The van der Waals surface area contributed by atoms with Crippen molar-refractivity contribution < 1.29 is 0 Å². The van der Waals surface area contributed by atoms with E-state index in [9.17, 15) is 0 Å². The topological polar surface area (TPSA) is 28.2 Å². The molecule has 4 heteroatoms. The lowest BCUT2D eigenvalue weighted by atomic mass is 10.0. The van der Waals surface area contributed by atoms with Crippen molar-refractivity contribution >= 4 is 17.2 Å². The van der Waals surface area contributed by atoms with Gasteiger partial charge < -0.3 is 5.32 Å². The van der Waals surface area contributed by atoms with Crippen molar-refractivity contribution in [1.82, 2.24) is 9.88 Å². The van der Waals surface area contributed by atoms with E-state index in [-0.39, 0.29) is 0 Å². The van der Waals surface area contributed by atoms with Gasteiger partial charge in [0.05, 0.1) is 5.69 Å². The van der Waals surface area contributed by atoms with Crippen LogP contribution in [-0.2, 0) is 13.0 Å². The molecule has 0 radical (unpaired) electrons. The number of aromatic nitrogens is 1. The van der Waals surface area contributed by atoms with Crippen molar-refractivity contribution in [3.63, 3.8) is 0 Å². The van der Waals surface area contributed by atoms with Crippen molar-refractivity contribution in [1.29, 1.82) is 0 Å². The monoisotopic (exact) mass is 301 g/mol. The number of fused-ring (bicyclic) bond motifs is 1. The molecule has 1 aliphatic rings. The summed E-state index contributed by atoms with van der Waals surface area (Å²) in [7, 11) is 0. The smallest absolute Gasteiger partial charge is 0.126 e. The van der Waals surface area contributed by atoms with Crippen molar-refractivity contribution in [3.05, 3.63) is 45.8 Å². The number of rotatable bonds is 5. The van der Waals surface area contributed by atoms with Crippen LogP contribution >= 0.6 is 11.3 Å². The van der Waals surface area contributed by atoms with Crippen LogP contribution in [0.15, 0.2) is 29.6 Å². The Kier molecular flexibility index (Phi) is 4.56. The van der Waals surface area contributed by atoms with Crippen LogP contribution in [0.4, 0.5) is 5.82 Å². The molecular weight excluding hydrogens is 278 g/mol. The minimum absolute atomic E-state index is 0.494. The number of thiophene rings is 1. The fourth-order valence-electron chi connectivity index (χ4n) is 2.90. The van der Waals surface area contributed by atoms with Crippen molar-refractivity contribution in [2.24, 2.45) is 0 Å². The molecule has 1 unspecified atom stereocenters. The summed E-state index contributed by atoms with van der Waals surface area (Å²) in [5, 5.41) is 5.59. The van der Waals surface area contributed by atoms with E-state index in [0.717, 1.165) is 37.6 Å². The van der Waals surface area contributed by atoms with Gasteiger partial charge in [0.25, 0.3) is 0 Å². The molecule has 2 aromatic heterocycles. The average molecular weight is 301 g/mol. The molecule has 1 N–H and O–H groups in total. The van der Waals surface area contributed by atoms with Gasteiger partial charge in [-0.1, -0.05) is 13.0 Å². The van der Waals surface area contributed by atoms with Gasteiger partial charge in [-0.15, -0.1) is 11.3 Å². The van der Waals surface area contributed by atoms with Gasteiger partial charge in [-0.05, 0) is 48.9 Å². The molecule has 0 bridgehead atoms. The van der Waals surface area contributed by atoms with Gasteiger partial charge in [0.15, 0.2) is 0 Å². The minimum Gasteiger partial charge on any atom is -0.370 e. The summed E-state index contributed by atoms with van der Waals surface area (Å²) in [6.07, 6.45) is 2.29. The zero-order valence-electron chi connectivity index (χ0n) is 12.8. The minimum atomic E-state index is 0.494. The molecule has 3 heterocycles. The van der Waals surface area contributed by atoms with Crippen LogP contribution in [-0.4, -0.2) is 23.0 Å². The Morgan fingerprint density at radius 1 is 1.38 bits per heavy atom. The summed E-state index contributed by atoms with van der Waals surface area (Å²) in [6.45, 7) is 7.52. The Hall–Kier alpha value is -1.39. The largest absolute Gasteiger partial charge is 0.370 e. The highest BCUT2D eigenvalue weighted by Gasteiger charge is 2.24. The standard InChI is InChI=1S/C17H23N3S/c1-3-9-18-17-6-4-5-14(19-17)12-20-10-7-16-15(13(20)2)8-11-21-16/h4-6,8,11,13H,3,7,9-10,12H2,1-2H3,(H,18,19). The van der Waals surface area contributed by atoms with Crippen LogP contribution in [0.5, 0.6) is 0 Å². The zero-order valence-corrected chi connectivity index (χ0v) is 13.6. The quantitative estimate of drug-likeness (QED) is 0.902. The number of hydrogen-bond donors (Lipinski definition) is 1. The van der Waals surface area contributed by atoms with E-state index in [1.807, 2.05) is 11.3 Å². The fraction of sp³-hybridized carbons (Fsp3) is 0.471. The summed E-state index contributed by atoms with van der Waals surface area (Å²) in [5.74, 6) is 0.996. The molecule has 0 spiro atoms. The lowest BCUT2D eigenvalue weighted by molar-refractivity contribution is 0.189. The van der Waals surface area contributed by atoms with Gasteiger partial charge in [-0.3, -0.25) is 4.90 Å². The fourth-order valence-corrected chi connectivity index (χ4v) is 3.87. The highest BCUT2D eigenvalue weighted by molar-refractivity contribution is 7.10. The number of anilines is 1. The molecule has 3 rings (SSSR count). The van der Waals surface area contributed by atoms with Gasteiger partial charge in [0.1, 0.15) is 5.82 Å². The molecule has 2 aromatic rings.